The molecule has 0 bridgehead atoms. The summed E-state index contributed by atoms with van der Waals surface area (Å²) in [6.07, 6.45) is 8.47. The molecule has 5 N–H and O–H groups in total. The van der Waals surface area contributed by atoms with E-state index in [9.17, 15) is 14.4 Å². The first-order chi connectivity index (χ1) is 9.97. The van der Waals surface area contributed by atoms with Crippen molar-refractivity contribution in [2.24, 2.45) is 11.5 Å². The van der Waals surface area contributed by atoms with E-state index in [1.54, 1.807) is 0 Å². The molecule has 0 radical (unpaired) electrons. The van der Waals surface area contributed by atoms with E-state index >= 15 is 0 Å². The number of carbonyl (C=O) groups is 3. The van der Waals surface area contributed by atoms with E-state index in [0.717, 1.165) is 19.3 Å². The topological polar surface area (TPSA) is 115 Å². The summed E-state index contributed by atoms with van der Waals surface area (Å²) in [5.74, 6) is -1.34. The molecule has 0 spiro atoms. The van der Waals surface area contributed by atoms with Gasteiger partial charge in [0.2, 0.25) is 17.7 Å². The molecule has 0 saturated heterocycles. The minimum atomic E-state index is -0.811. The average Bonchev–Trinajstić information content (AvgIpc) is 2.41. The van der Waals surface area contributed by atoms with Crippen molar-refractivity contribution in [2.45, 2.75) is 77.2 Å². The molecule has 0 aliphatic rings. The van der Waals surface area contributed by atoms with Gasteiger partial charge in [-0.3, -0.25) is 14.4 Å². The molecule has 6 nitrogen and oxygen atoms in total. The van der Waals surface area contributed by atoms with E-state index in [-0.39, 0.29) is 18.7 Å². The fourth-order valence-electron chi connectivity index (χ4n) is 2.08. The fraction of sp³-hybridized carbons (Fsp3) is 0.800. The van der Waals surface area contributed by atoms with Crippen LogP contribution in [-0.2, 0) is 14.4 Å². The first-order valence-corrected chi connectivity index (χ1v) is 7.84. The van der Waals surface area contributed by atoms with Crippen LogP contribution in [0.15, 0.2) is 0 Å². The van der Waals surface area contributed by atoms with Gasteiger partial charge in [-0.1, -0.05) is 45.4 Å². The third-order valence-corrected chi connectivity index (χ3v) is 3.37. The van der Waals surface area contributed by atoms with E-state index in [1.165, 1.54) is 25.7 Å². The highest BCUT2D eigenvalue weighted by Crippen LogP contribution is 2.08. The average molecular weight is 299 g/mol. The van der Waals surface area contributed by atoms with E-state index in [1.807, 2.05) is 0 Å². The van der Waals surface area contributed by atoms with Crippen molar-refractivity contribution in [3.05, 3.63) is 0 Å². The third kappa shape index (κ3) is 11.9. The summed E-state index contributed by atoms with van der Waals surface area (Å²) in [4.78, 5) is 33.6. The van der Waals surface area contributed by atoms with E-state index in [0.29, 0.717) is 6.42 Å². The van der Waals surface area contributed by atoms with Crippen molar-refractivity contribution in [2.75, 3.05) is 0 Å². The Kier molecular flexibility index (Phi) is 11.3. The summed E-state index contributed by atoms with van der Waals surface area (Å²) in [5, 5.41) is 2.56. The maximum atomic E-state index is 11.7. The molecule has 1 atom stereocenters. The Hall–Kier alpha value is -1.59. The molecule has 0 rings (SSSR count). The molecule has 0 aromatic rings. The van der Waals surface area contributed by atoms with Crippen LogP contribution in [0, 0.1) is 0 Å². The molecule has 0 aromatic carbocycles. The second-order valence-corrected chi connectivity index (χ2v) is 5.40. The van der Waals surface area contributed by atoms with Gasteiger partial charge in [-0.05, 0) is 12.8 Å². The lowest BCUT2D eigenvalue weighted by Crippen LogP contribution is -2.44. The van der Waals surface area contributed by atoms with Gasteiger partial charge in [0.25, 0.3) is 0 Å². The van der Waals surface area contributed by atoms with Crippen LogP contribution in [0.25, 0.3) is 0 Å². The Morgan fingerprint density at radius 1 is 0.905 bits per heavy atom. The zero-order valence-electron chi connectivity index (χ0n) is 13.0. The molecule has 122 valence electrons. The minimum absolute atomic E-state index is 0.0331. The summed E-state index contributed by atoms with van der Waals surface area (Å²) in [6, 6.07) is -0.811. The fourth-order valence-corrected chi connectivity index (χ4v) is 2.08. The van der Waals surface area contributed by atoms with Gasteiger partial charge < -0.3 is 16.8 Å². The zero-order chi connectivity index (χ0) is 16.1. The van der Waals surface area contributed by atoms with Crippen molar-refractivity contribution >= 4 is 17.7 Å². The molecular formula is C15H29N3O3. The van der Waals surface area contributed by atoms with Crippen LogP contribution in [0.5, 0.6) is 0 Å². The first kappa shape index (κ1) is 19.4. The van der Waals surface area contributed by atoms with Crippen LogP contribution < -0.4 is 16.8 Å². The van der Waals surface area contributed by atoms with Crippen molar-refractivity contribution in [3.8, 4) is 0 Å². The summed E-state index contributed by atoms with van der Waals surface area (Å²) < 4.78 is 0. The minimum Gasteiger partial charge on any atom is -0.370 e. The number of nitrogens with one attached hydrogen (secondary N) is 1. The van der Waals surface area contributed by atoms with E-state index in [2.05, 4.69) is 12.2 Å². The molecular weight excluding hydrogens is 270 g/mol. The van der Waals surface area contributed by atoms with Gasteiger partial charge in [0, 0.05) is 12.8 Å². The number of amides is 3. The molecule has 0 unspecified atom stereocenters. The number of hydrogen-bond acceptors (Lipinski definition) is 3. The summed E-state index contributed by atoms with van der Waals surface area (Å²) >= 11 is 0. The largest absolute Gasteiger partial charge is 0.370 e. The number of hydrogen-bond donors (Lipinski definition) is 3. The van der Waals surface area contributed by atoms with Crippen LogP contribution in [0.3, 0.4) is 0 Å². The number of unbranched alkanes of at least 4 members (excludes halogenated alkanes) is 6. The molecule has 0 aliphatic carbocycles. The van der Waals surface area contributed by atoms with Crippen LogP contribution in [-0.4, -0.2) is 23.8 Å². The molecule has 0 saturated carbocycles. The van der Waals surface area contributed by atoms with Gasteiger partial charge in [0.15, 0.2) is 0 Å². The van der Waals surface area contributed by atoms with Gasteiger partial charge in [-0.15, -0.1) is 0 Å². The van der Waals surface area contributed by atoms with Gasteiger partial charge in [-0.25, -0.2) is 0 Å². The second kappa shape index (κ2) is 12.2. The number of rotatable bonds is 13. The van der Waals surface area contributed by atoms with Gasteiger partial charge in [0.05, 0.1) is 0 Å². The maximum absolute atomic E-state index is 11.7. The van der Waals surface area contributed by atoms with Gasteiger partial charge in [0.1, 0.15) is 6.04 Å². The SMILES string of the molecule is CCCCCCCCCC(=O)N[C@@H](CCC(N)=O)C(N)=O. The second-order valence-electron chi connectivity index (χ2n) is 5.40. The highest BCUT2D eigenvalue weighted by atomic mass is 16.2. The molecule has 0 heterocycles. The van der Waals surface area contributed by atoms with Crippen molar-refractivity contribution in [1.29, 1.82) is 0 Å². The third-order valence-electron chi connectivity index (χ3n) is 3.37. The summed E-state index contributed by atoms with van der Waals surface area (Å²) in [7, 11) is 0. The Morgan fingerprint density at radius 3 is 2.00 bits per heavy atom. The zero-order valence-corrected chi connectivity index (χ0v) is 13.0. The molecule has 21 heavy (non-hydrogen) atoms. The van der Waals surface area contributed by atoms with Gasteiger partial charge in [-0.2, -0.15) is 0 Å². The quantitative estimate of drug-likeness (QED) is 0.446. The van der Waals surface area contributed by atoms with Gasteiger partial charge >= 0.3 is 0 Å². The normalized spacial score (nSPS) is 11.9. The van der Waals surface area contributed by atoms with Crippen molar-refractivity contribution in [3.63, 3.8) is 0 Å². The first-order valence-electron chi connectivity index (χ1n) is 7.84. The molecule has 3 amide bonds. The lowest BCUT2D eigenvalue weighted by molar-refractivity contribution is -0.128. The van der Waals surface area contributed by atoms with Crippen LogP contribution in [0.2, 0.25) is 0 Å². The van der Waals surface area contributed by atoms with Crippen molar-refractivity contribution < 1.29 is 14.4 Å². The van der Waals surface area contributed by atoms with Crippen LogP contribution in [0.1, 0.15) is 71.1 Å². The molecule has 0 aliphatic heterocycles. The molecule has 6 heteroatoms. The number of nitrogens with two attached hydrogens (primary N) is 2. The predicted octanol–water partition coefficient (Wildman–Crippen LogP) is 1.36. The highest BCUT2D eigenvalue weighted by Gasteiger charge is 2.18. The Balaban J connectivity index is 3.78. The summed E-state index contributed by atoms with van der Waals surface area (Å²) in [5.41, 5.74) is 10.2. The monoisotopic (exact) mass is 299 g/mol. The van der Waals surface area contributed by atoms with E-state index in [4.69, 9.17) is 11.5 Å². The molecule has 0 aromatic heterocycles. The number of primary amides is 2. The lowest BCUT2D eigenvalue weighted by Gasteiger charge is -2.14. The smallest absolute Gasteiger partial charge is 0.240 e. The standard InChI is InChI=1S/C15H29N3O3/c1-2-3-4-5-6-7-8-9-14(20)18-12(15(17)21)10-11-13(16)19/h12H,2-11H2,1H3,(H2,16,19)(H2,17,21)(H,18,20)/t12-/m0/s1. The van der Waals surface area contributed by atoms with E-state index < -0.39 is 17.9 Å². The Bertz CT molecular complexity index is 332. The van der Waals surface area contributed by atoms with Crippen LogP contribution in [0.4, 0.5) is 0 Å². The lowest BCUT2D eigenvalue weighted by atomic mass is 10.1. The predicted molar refractivity (Wildman–Crippen MR) is 82.2 cm³/mol. The van der Waals surface area contributed by atoms with Crippen molar-refractivity contribution in [1.82, 2.24) is 5.32 Å². The summed E-state index contributed by atoms with van der Waals surface area (Å²) in [6.45, 7) is 2.18. The number of carbonyl (C=O) groups excluding carboxylic acids is 3. The highest BCUT2D eigenvalue weighted by molar-refractivity contribution is 5.87. The maximum Gasteiger partial charge on any atom is 0.240 e. The Labute approximate surface area is 127 Å². The molecule has 0 fully saturated rings. The van der Waals surface area contributed by atoms with Crippen LogP contribution >= 0.6 is 0 Å². The Morgan fingerprint density at radius 2 is 1.48 bits per heavy atom.